The van der Waals surface area contributed by atoms with Gasteiger partial charge in [-0.1, -0.05) is 13.3 Å². The van der Waals surface area contributed by atoms with Crippen LogP contribution in [0.25, 0.3) is 0 Å². The van der Waals surface area contributed by atoms with Gasteiger partial charge in [0.25, 0.3) is 0 Å². The average Bonchev–Trinajstić information content (AvgIpc) is 2.29. The molecule has 1 fully saturated rings. The largest absolute Gasteiger partial charge is 0.330 e. The number of rotatable bonds is 6. The number of thioether (sulfide) groups is 1. The van der Waals surface area contributed by atoms with Crippen molar-refractivity contribution in [3.8, 4) is 0 Å². The molecule has 6 heteroatoms. The van der Waals surface area contributed by atoms with Crippen molar-refractivity contribution in [1.82, 2.24) is 4.90 Å². The zero-order chi connectivity index (χ0) is 12.9. The van der Waals surface area contributed by atoms with Crippen LogP contribution in [0.4, 0.5) is 0 Å². The number of sulfone groups is 1. The lowest BCUT2D eigenvalue weighted by molar-refractivity contribution is 0.247. The molecule has 17 heavy (non-hydrogen) atoms. The summed E-state index contributed by atoms with van der Waals surface area (Å²) in [6.45, 7) is 4.57. The molecule has 0 amide bonds. The monoisotopic (exact) mass is 280 g/mol. The summed E-state index contributed by atoms with van der Waals surface area (Å²) in [6.07, 6.45) is 3.42. The highest BCUT2D eigenvalue weighted by atomic mass is 32.2. The Hall–Kier alpha value is 0.220. The van der Waals surface area contributed by atoms with Gasteiger partial charge in [-0.05, 0) is 25.4 Å². The zero-order valence-corrected chi connectivity index (χ0v) is 12.4. The van der Waals surface area contributed by atoms with Crippen molar-refractivity contribution in [1.29, 1.82) is 0 Å². The zero-order valence-electron chi connectivity index (χ0n) is 10.8. The molecule has 0 aromatic heterocycles. The molecule has 0 spiro atoms. The van der Waals surface area contributed by atoms with E-state index in [1.165, 1.54) is 6.26 Å². The van der Waals surface area contributed by atoms with Crippen LogP contribution < -0.4 is 5.73 Å². The number of nitrogens with zero attached hydrogens (tertiary/aromatic N) is 1. The highest BCUT2D eigenvalue weighted by Gasteiger charge is 2.30. The van der Waals surface area contributed by atoms with Gasteiger partial charge in [-0.2, -0.15) is 11.8 Å². The summed E-state index contributed by atoms with van der Waals surface area (Å²) < 4.78 is 23.4. The van der Waals surface area contributed by atoms with Gasteiger partial charge in [0.2, 0.25) is 0 Å². The van der Waals surface area contributed by atoms with Crippen molar-refractivity contribution in [2.24, 2.45) is 11.7 Å². The number of nitrogens with two attached hydrogens (primary N) is 1. The fourth-order valence-electron chi connectivity index (χ4n) is 2.10. The summed E-state index contributed by atoms with van der Waals surface area (Å²) in [5, 5.41) is -0.295. The van der Waals surface area contributed by atoms with Gasteiger partial charge in [-0.25, -0.2) is 8.42 Å². The van der Waals surface area contributed by atoms with Crippen LogP contribution in [-0.4, -0.2) is 56.1 Å². The topological polar surface area (TPSA) is 63.4 Å². The average molecular weight is 280 g/mol. The lowest BCUT2D eigenvalue weighted by atomic mass is 10.0. The van der Waals surface area contributed by atoms with Gasteiger partial charge in [0.15, 0.2) is 9.84 Å². The predicted octanol–water partition coefficient (Wildman–Crippen LogP) is 0.781. The van der Waals surface area contributed by atoms with Crippen LogP contribution in [0.15, 0.2) is 0 Å². The fourth-order valence-corrected chi connectivity index (χ4v) is 5.08. The van der Waals surface area contributed by atoms with Crippen molar-refractivity contribution in [3.63, 3.8) is 0 Å². The molecule has 0 aromatic rings. The lowest BCUT2D eigenvalue weighted by Gasteiger charge is -2.34. The third kappa shape index (κ3) is 4.77. The molecule has 1 rings (SSSR count). The minimum atomic E-state index is -2.96. The van der Waals surface area contributed by atoms with E-state index in [1.54, 1.807) is 11.8 Å². The van der Waals surface area contributed by atoms with E-state index < -0.39 is 9.84 Å². The van der Waals surface area contributed by atoms with Gasteiger partial charge < -0.3 is 5.73 Å². The maximum Gasteiger partial charge on any atom is 0.164 e. The second kappa shape index (κ2) is 6.97. The van der Waals surface area contributed by atoms with Crippen molar-refractivity contribution >= 4 is 21.6 Å². The fraction of sp³-hybridized carbons (Fsp3) is 1.00. The maximum atomic E-state index is 11.7. The third-order valence-corrected chi connectivity index (χ3v) is 6.11. The van der Waals surface area contributed by atoms with Gasteiger partial charge in [0, 0.05) is 24.3 Å². The van der Waals surface area contributed by atoms with Crippen LogP contribution in [0.2, 0.25) is 0 Å². The Morgan fingerprint density at radius 2 is 2.24 bits per heavy atom. The van der Waals surface area contributed by atoms with Gasteiger partial charge >= 0.3 is 0 Å². The number of hydrogen-bond acceptors (Lipinski definition) is 5. The first-order valence-electron chi connectivity index (χ1n) is 6.19. The van der Waals surface area contributed by atoms with E-state index in [1.807, 2.05) is 0 Å². The quantitative estimate of drug-likeness (QED) is 0.779. The van der Waals surface area contributed by atoms with Crippen molar-refractivity contribution < 1.29 is 8.42 Å². The molecular formula is C11H24N2O2S2. The molecule has 0 saturated carbocycles. The number of hydrogen-bond donors (Lipinski definition) is 1. The standard InChI is InChI=1S/C11H24N2O2S2/c1-3-10(8-12)4-5-13-6-7-16-9-11(13)17(2,14)15/h10-11H,3-9,12H2,1-2H3. The van der Waals surface area contributed by atoms with Gasteiger partial charge in [0.1, 0.15) is 5.37 Å². The van der Waals surface area contributed by atoms with E-state index in [0.717, 1.165) is 31.7 Å². The smallest absolute Gasteiger partial charge is 0.164 e. The van der Waals surface area contributed by atoms with Crippen LogP contribution >= 0.6 is 11.8 Å². The molecule has 2 atom stereocenters. The molecule has 0 aromatic carbocycles. The Balaban J connectivity index is 2.54. The van der Waals surface area contributed by atoms with Crippen molar-refractivity contribution in [2.75, 3.05) is 37.4 Å². The molecule has 1 aliphatic heterocycles. The molecule has 1 heterocycles. The second-order valence-corrected chi connectivity index (χ2v) is 8.05. The highest BCUT2D eigenvalue weighted by molar-refractivity contribution is 8.00. The molecule has 0 aliphatic carbocycles. The summed E-state index contributed by atoms with van der Waals surface area (Å²) in [5.41, 5.74) is 5.68. The summed E-state index contributed by atoms with van der Waals surface area (Å²) in [5.74, 6) is 2.26. The minimum Gasteiger partial charge on any atom is -0.330 e. The molecule has 1 saturated heterocycles. The first kappa shape index (κ1) is 15.3. The third-order valence-electron chi connectivity index (χ3n) is 3.42. The Morgan fingerprint density at radius 3 is 2.76 bits per heavy atom. The summed E-state index contributed by atoms with van der Waals surface area (Å²) >= 11 is 1.73. The highest BCUT2D eigenvalue weighted by Crippen LogP contribution is 2.21. The molecule has 2 N–H and O–H groups in total. The van der Waals surface area contributed by atoms with Crippen LogP contribution in [-0.2, 0) is 9.84 Å². The van der Waals surface area contributed by atoms with Gasteiger partial charge in [-0.15, -0.1) is 0 Å². The van der Waals surface area contributed by atoms with E-state index in [9.17, 15) is 8.42 Å². The minimum absolute atomic E-state index is 0.295. The van der Waals surface area contributed by atoms with Gasteiger partial charge in [0.05, 0.1) is 0 Å². The second-order valence-electron chi connectivity index (χ2n) is 4.69. The van der Waals surface area contributed by atoms with Crippen molar-refractivity contribution in [3.05, 3.63) is 0 Å². The van der Waals surface area contributed by atoms with Crippen LogP contribution in [0, 0.1) is 5.92 Å². The van der Waals surface area contributed by atoms with E-state index >= 15 is 0 Å². The molecule has 4 nitrogen and oxygen atoms in total. The Morgan fingerprint density at radius 1 is 1.53 bits per heavy atom. The maximum absolute atomic E-state index is 11.7. The van der Waals surface area contributed by atoms with Crippen LogP contribution in [0.1, 0.15) is 19.8 Å². The molecule has 2 unspecified atom stereocenters. The Labute approximate surface area is 109 Å². The Bertz CT molecular complexity index is 315. The predicted molar refractivity (Wildman–Crippen MR) is 75.0 cm³/mol. The van der Waals surface area contributed by atoms with E-state index in [-0.39, 0.29) is 5.37 Å². The molecule has 0 bridgehead atoms. The molecule has 1 aliphatic rings. The van der Waals surface area contributed by atoms with Crippen LogP contribution in [0.5, 0.6) is 0 Å². The van der Waals surface area contributed by atoms with E-state index in [2.05, 4.69) is 11.8 Å². The lowest BCUT2D eigenvalue weighted by Crippen LogP contribution is -2.47. The summed E-state index contributed by atoms with van der Waals surface area (Å²) in [4.78, 5) is 2.12. The van der Waals surface area contributed by atoms with Crippen LogP contribution in [0.3, 0.4) is 0 Å². The SMILES string of the molecule is CCC(CN)CCN1CCSCC1S(C)(=O)=O. The first-order chi connectivity index (χ1) is 7.99. The van der Waals surface area contributed by atoms with Gasteiger partial charge in [-0.3, -0.25) is 4.90 Å². The molecular weight excluding hydrogens is 256 g/mol. The van der Waals surface area contributed by atoms with E-state index in [0.29, 0.717) is 18.2 Å². The molecule has 102 valence electrons. The first-order valence-corrected chi connectivity index (χ1v) is 9.30. The normalized spacial score (nSPS) is 24.8. The molecule has 0 radical (unpaired) electrons. The summed E-state index contributed by atoms with van der Waals surface area (Å²) in [7, 11) is -2.96. The summed E-state index contributed by atoms with van der Waals surface area (Å²) in [6, 6.07) is 0. The van der Waals surface area contributed by atoms with E-state index in [4.69, 9.17) is 5.73 Å². The van der Waals surface area contributed by atoms with Crippen molar-refractivity contribution in [2.45, 2.75) is 25.1 Å². The Kier molecular flexibility index (Phi) is 6.26.